The third-order valence-electron chi connectivity index (χ3n) is 3.25. The minimum atomic E-state index is 0.514. The van der Waals surface area contributed by atoms with Crippen molar-refractivity contribution >= 4 is 17.3 Å². The van der Waals surface area contributed by atoms with Crippen LogP contribution in [0.25, 0.3) is 0 Å². The van der Waals surface area contributed by atoms with Crippen LogP contribution >= 0.6 is 12.2 Å². The van der Waals surface area contributed by atoms with Crippen LogP contribution in [-0.4, -0.2) is 30.4 Å². The molecule has 2 rings (SSSR count). The molecule has 1 aliphatic carbocycles. The molecule has 0 aromatic carbocycles. The maximum Gasteiger partial charge on any atom is 0.166 e. The predicted molar refractivity (Wildman–Crippen MR) is 65.0 cm³/mol. The van der Waals surface area contributed by atoms with E-state index >= 15 is 0 Å². The zero-order chi connectivity index (χ0) is 10.5. The molecule has 15 heavy (non-hydrogen) atoms. The fourth-order valence-corrected chi connectivity index (χ4v) is 2.66. The van der Waals surface area contributed by atoms with Crippen molar-refractivity contribution in [1.29, 1.82) is 0 Å². The fourth-order valence-electron chi connectivity index (χ4n) is 2.32. The van der Waals surface area contributed by atoms with Crippen LogP contribution in [0.5, 0.6) is 0 Å². The van der Waals surface area contributed by atoms with Crippen LogP contribution in [0.3, 0.4) is 0 Å². The number of rotatable bonds is 2. The molecule has 0 unspecified atom stereocenters. The van der Waals surface area contributed by atoms with Gasteiger partial charge in [-0.2, -0.15) is 0 Å². The van der Waals surface area contributed by atoms with Gasteiger partial charge in [0.1, 0.15) is 0 Å². The Labute approximate surface area is 96.9 Å². The Kier molecular flexibility index (Phi) is 4.20. The minimum absolute atomic E-state index is 0.514. The Balaban J connectivity index is 1.66. The smallest absolute Gasteiger partial charge is 0.166 e. The SMILES string of the molecule is S=C(NC1CCCC1)NC1CCOCC1. The molecule has 2 aliphatic rings. The lowest BCUT2D eigenvalue weighted by Gasteiger charge is -2.25. The number of hydrogen-bond donors (Lipinski definition) is 2. The topological polar surface area (TPSA) is 33.3 Å². The normalized spacial score (nSPS) is 24.0. The molecule has 0 amide bonds. The van der Waals surface area contributed by atoms with Crippen LogP contribution in [0.1, 0.15) is 38.5 Å². The Morgan fingerprint density at radius 2 is 1.47 bits per heavy atom. The second-order valence-electron chi connectivity index (χ2n) is 4.49. The van der Waals surface area contributed by atoms with Crippen molar-refractivity contribution in [3.63, 3.8) is 0 Å². The summed E-state index contributed by atoms with van der Waals surface area (Å²) in [7, 11) is 0. The van der Waals surface area contributed by atoms with E-state index in [1.807, 2.05) is 0 Å². The van der Waals surface area contributed by atoms with E-state index in [0.717, 1.165) is 31.2 Å². The first-order valence-corrected chi connectivity index (χ1v) is 6.40. The molecule has 3 nitrogen and oxygen atoms in total. The number of ether oxygens (including phenoxy) is 1. The Hall–Kier alpha value is -0.350. The highest BCUT2D eigenvalue weighted by molar-refractivity contribution is 7.80. The van der Waals surface area contributed by atoms with Crippen molar-refractivity contribution in [2.24, 2.45) is 0 Å². The zero-order valence-corrected chi connectivity index (χ0v) is 9.94. The van der Waals surface area contributed by atoms with Gasteiger partial charge >= 0.3 is 0 Å². The lowest BCUT2D eigenvalue weighted by Crippen LogP contribution is -2.47. The monoisotopic (exact) mass is 228 g/mol. The Morgan fingerprint density at radius 1 is 0.933 bits per heavy atom. The highest BCUT2D eigenvalue weighted by atomic mass is 32.1. The molecule has 1 saturated carbocycles. The van der Waals surface area contributed by atoms with E-state index in [1.165, 1.54) is 25.7 Å². The van der Waals surface area contributed by atoms with Gasteiger partial charge in [-0.1, -0.05) is 12.8 Å². The maximum atomic E-state index is 5.31. The molecule has 1 aliphatic heterocycles. The molecule has 86 valence electrons. The largest absolute Gasteiger partial charge is 0.381 e. The summed E-state index contributed by atoms with van der Waals surface area (Å²) >= 11 is 5.31. The van der Waals surface area contributed by atoms with Crippen LogP contribution in [0.15, 0.2) is 0 Å². The molecule has 2 N–H and O–H groups in total. The van der Waals surface area contributed by atoms with E-state index < -0.39 is 0 Å². The van der Waals surface area contributed by atoms with Crippen LogP contribution in [0.4, 0.5) is 0 Å². The van der Waals surface area contributed by atoms with Gasteiger partial charge in [0.05, 0.1) is 0 Å². The van der Waals surface area contributed by atoms with E-state index in [-0.39, 0.29) is 0 Å². The summed E-state index contributed by atoms with van der Waals surface area (Å²) in [5, 5.41) is 7.63. The van der Waals surface area contributed by atoms with Crippen molar-refractivity contribution in [3.8, 4) is 0 Å². The van der Waals surface area contributed by atoms with Gasteiger partial charge in [0.2, 0.25) is 0 Å². The van der Waals surface area contributed by atoms with Crippen molar-refractivity contribution in [1.82, 2.24) is 10.6 Å². The third kappa shape index (κ3) is 3.61. The van der Waals surface area contributed by atoms with Gasteiger partial charge in [0, 0.05) is 25.3 Å². The quantitative estimate of drug-likeness (QED) is 0.703. The molecule has 0 radical (unpaired) electrons. The van der Waals surface area contributed by atoms with E-state index in [1.54, 1.807) is 0 Å². The first kappa shape index (κ1) is 11.1. The summed E-state index contributed by atoms with van der Waals surface area (Å²) in [5.41, 5.74) is 0. The lowest BCUT2D eigenvalue weighted by atomic mass is 10.1. The fraction of sp³-hybridized carbons (Fsp3) is 0.909. The molecular formula is C11H20N2OS. The summed E-state index contributed by atoms with van der Waals surface area (Å²) in [6.45, 7) is 1.73. The van der Waals surface area contributed by atoms with E-state index in [0.29, 0.717) is 12.1 Å². The van der Waals surface area contributed by atoms with Crippen molar-refractivity contribution in [2.45, 2.75) is 50.6 Å². The first-order chi connectivity index (χ1) is 7.34. The summed E-state index contributed by atoms with van der Waals surface area (Å²) < 4.78 is 5.31. The Morgan fingerprint density at radius 3 is 2.07 bits per heavy atom. The molecule has 0 bridgehead atoms. The van der Waals surface area contributed by atoms with Gasteiger partial charge in [-0.05, 0) is 37.9 Å². The Bertz CT molecular complexity index is 211. The van der Waals surface area contributed by atoms with Crippen LogP contribution in [0.2, 0.25) is 0 Å². The second kappa shape index (κ2) is 5.66. The van der Waals surface area contributed by atoms with Crippen LogP contribution in [0, 0.1) is 0 Å². The molecule has 2 fully saturated rings. The highest BCUT2D eigenvalue weighted by Gasteiger charge is 2.18. The van der Waals surface area contributed by atoms with Crippen molar-refractivity contribution in [2.75, 3.05) is 13.2 Å². The zero-order valence-electron chi connectivity index (χ0n) is 9.13. The molecule has 0 aromatic rings. The number of thiocarbonyl (C=S) groups is 1. The predicted octanol–water partition coefficient (Wildman–Crippen LogP) is 1.57. The van der Waals surface area contributed by atoms with Crippen LogP contribution < -0.4 is 10.6 Å². The molecule has 4 heteroatoms. The van der Waals surface area contributed by atoms with Gasteiger partial charge in [-0.25, -0.2) is 0 Å². The maximum absolute atomic E-state index is 5.31. The van der Waals surface area contributed by atoms with Gasteiger partial charge < -0.3 is 15.4 Å². The molecular weight excluding hydrogens is 208 g/mol. The van der Waals surface area contributed by atoms with E-state index in [2.05, 4.69) is 10.6 Å². The second-order valence-corrected chi connectivity index (χ2v) is 4.89. The highest BCUT2D eigenvalue weighted by Crippen LogP contribution is 2.17. The molecule has 0 aromatic heterocycles. The summed E-state index contributed by atoms with van der Waals surface area (Å²) in [6, 6.07) is 1.13. The first-order valence-electron chi connectivity index (χ1n) is 5.99. The molecule has 0 atom stereocenters. The molecule has 1 saturated heterocycles. The van der Waals surface area contributed by atoms with Gasteiger partial charge in [-0.3, -0.25) is 0 Å². The van der Waals surface area contributed by atoms with Crippen molar-refractivity contribution in [3.05, 3.63) is 0 Å². The average molecular weight is 228 g/mol. The number of hydrogen-bond acceptors (Lipinski definition) is 2. The van der Waals surface area contributed by atoms with Gasteiger partial charge in [0.15, 0.2) is 5.11 Å². The van der Waals surface area contributed by atoms with Crippen molar-refractivity contribution < 1.29 is 4.74 Å². The summed E-state index contributed by atoms with van der Waals surface area (Å²) in [6.07, 6.45) is 7.39. The van der Waals surface area contributed by atoms with Gasteiger partial charge in [0.25, 0.3) is 0 Å². The molecule has 0 spiro atoms. The average Bonchev–Trinajstić information content (AvgIpc) is 2.71. The van der Waals surface area contributed by atoms with Gasteiger partial charge in [-0.15, -0.1) is 0 Å². The minimum Gasteiger partial charge on any atom is -0.381 e. The van der Waals surface area contributed by atoms with E-state index in [4.69, 9.17) is 17.0 Å². The number of nitrogens with one attached hydrogen (secondary N) is 2. The van der Waals surface area contributed by atoms with E-state index in [9.17, 15) is 0 Å². The summed E-state index contributed by atoms with van der Waals surface area (Å²) in [4.78, 5) is 0. The van der Waals surface area contributed by atoms with Crippen LogP contribution in [-0.2, 0) is 4.74 Å². The standard InChI is InChI=1S/C11H20N2OS/c15-11(12-9-3-1-2-4-9)13-10-5-7-14-8-6-10/h9-10H,1-8H2,(H2,12,13,15). The summed E-state index contributed by atoms with van der Waals surface area (Å²) in [5.74, 6) is 0. The third-order valence-corrected chi connectivity index (χ3v) is 3.48. The molecule has 1 heterocycles. The lowest BCUT2D eigenvalue weighted by molar-refractivity contribution is 0.0823.